The summed E-state index contributed by atoms with van der Waals surface area (Å²) in [5, 5.41) is 11.9. The first-order valence-corrected chi connectivity index (χ1v) is 12.4. The van der Waals surface area contributed by atoms with Crippen molar-refractivity contribution in [1.82, 2.24) is 9.80 Å². The fraction of sp³-hybridized carbons (Fsp3) is 0.321. The van der Waals surface area contributed by atoms with Crippen LogP contribution in [0.5, 0.6) is 0 Å². The summed E-state index contributed by atoms with van der Waals surface area (Å²) < 4.78 is 11.2. The monoisotopic (exact) mass is 501 g/mol. The van der Waals surface area contributed by atoms with Gasteiger partial charge in [-0.15, -0.1) is 0 Å². The number of aliphatic hydroxyl groups excluding tert-OH is 1. The second-order valence-corrected chi connectivity index (χ2v) is 9.56. The maximum absolute atomic E-state index is 14.0. The van der Waals surface area contributed by atoms with Crippen LogP contribution >= 0.6 is 0 Å². The van der Waals surface area contributed by atoms with Crippen LogP contribution in [0, 0.1) is 0 Å². The number of furan rings is 1. The number of carbonyl (C=O) groups is 3. The second kappa shape index (κ2) is 8.86. The molecule has 3 aliphatic rings. The van der Waals surface area contributed by atoms with Crippen LogP contribution in [0.2, 0.25) is 0 Å². The van der Waals surface area contributed by atoms with Crippen molar-refractivity contribution in [2.45, 2.75) is 12.0 Å². The molecule has 4 heterocycles. The molecule has 1 atom stereocenters. The number of ketones is 1. The molecular formula is C28H27N3O6. The van der Waals surface area contributed by atoms with Crippen molar-refractivity contribution in [2.75, 3.05) is 51.3 Å². The van der Waals surface area contributed by atoms with Gasteiger partial charge in [0.25, 0.3) is 11.8 Å². The van der Waals surface area contributed by atoms with Gasteiger partial charge in [0.15, 0.2) is 17.1 Å². The Bertz CT molecular complexity index is 1420. The van der Waals surface area contributed by atoms with E-state index < -0.39 is 28.9 Å². The quantitative estimate of drug-likeness (QED) is 0.518. The van der Waals surface area contributed by atoms with Gasteiger partial charge >= 0.3 is 0 Å². The number of ether oxygens (including phenoxy) is 1. The summed E-state index contributed by atoms with van der Waals surface area (Å²) in [6.45, 7) is 3.78. The van der Waals surface area contributed by atoms with Gasteiger partial charge in [-0.05, 0) is 24.6 Å². The van der Waals surface area contributed by atoms with E-state index in [4.69, 9.17) is 9.15 Å². The molecule has 1 spiro atoms. The van der Waals surface area contributed by atoms with E-state index in [1.54, 1.807) is 55.6 Å². The summed E-state index contributed by atoms with van der Waals surface area (Å²) >= 11 is 0. The zero-order valence-corrected chi connectivity index (χ0v) is 20.5. The van der Waals surface area contributed by atoms with Gasteiger partial charge in [0, 0.05) is 49.9 Å². The summed E-state index contributed by atoms with van der Waals surface area (Å²) in [5.41, 5.74) is -0.450. The van der Waals surface area contributed by atoms with Crippen LogP contribution in [0.15, 0.2) is 70.3 Å². The molecule has 3 aromatic rings. The van der Waals surface area contributed by atoms with Crippen molar-refractivity contribution in [1.29, 1.82) is 0 Å². The number of rotatable bonds is 6. The number of hydrogen-bond donors (Lipinski definition) is 1. The lowest BCUT2D eigenvalue weighted by molar-refractivity contribution is -0.139. The van der Waals surface area contributed by atoms with Crippen molar-refractivity contribution >= 4 is 34.3 Å². The number of Topliss-reactive ketones (excluding diaryl/α,β-unsaturated/α-hetero) is 1. The number of carbonyl (C=O) groups excluding carboxylic acids is 3. The topological polar surface area (TPSA) is 104 Å². The van der Waals surface area contributed by atoms with E-state index in [1.807, 2.05) is 6.07 Å². The number of fused-ring (bicyclic) bond motifs is 3. The molecule has 0 bridgehead atoms. The highest BCUT2D eigenvalue weighted by molar-refractivity contribution is 6.26. The number of likely N-dealkylation sites (N-methyl/N-ethyl adjacent to an activating group) is 1. The summed E-state index contributed by atoms with van der Waals surface area (Å²) in [7, 11) is 1.62. The molecule has 0 aliphatic carbocycles. The Morgan fingerprint density at radius 2 is 1.76 bits per heavy atom. The number of amides is 2. The van der Waals surface area contributed by atoms with Gasteiger partial charge in [-0.3, -0.25) is 19.3 Å². The molecule has 3 aliphatic heterocycles. The van der Waals surface area contributed by atoms with Gasteiger partial charge in [-0.1, -0.05) is 36.4 Å². The van der Waals surface area contributed by atoms with Crippen LogP contribution < -0.4 is 4.90 Å². The Hall–Kier alpha value is -3.95. The number of nitrogens with zero attached hydrogens (tertiary/aromatic N) is 3. The minimum Gasteiger partial charge on any atom is -0.503 e. The number of anilines is 1. The Morgan fingerprint density at radius 3 is 2.54 bits per heavy atom. The Balaban J connectivity index is 1.44. The highest BCUT2D eigenvalue weighted by Gasteiger charge is 2.65. The van der Waals surface area contributed by atoms with Crippen molar-refractivity contribution in [3.63, 3.8) is 0 Å². The van der Waals surface area contributed by atoms with E-state index in [0.717, 1.165) is 13.1 Å². The zero-order chi connectivity index (χ0) is 25.7. The molecule has 9 heteroatoms. The summed E-state index contributed by atoms with van der Waals surface area (Å²) in [6, 6.07) is 15.8. The molecule has 0 radical (unpaired) electrons. The number of hydrogen-bond acceptors (Lipinski definition) is 7. The lowest BCUT2D eigenvalue weighted by Gasteiger charge is -2.36. The fourth-order valence-electron chi connectivity index (χ4n) is 5.77. The smallest absolute Gasteiger partial charge is 0.290 e. The Kier molecular flexibility index (Phi) is 5.62. The molecule has 37 heavy (non-hydrogen) atoms. The van der Waals surface area contributed by atoms with Gasteiger partial charge in [0.05, 0.1) is 18.8 Å². The molecule has 2 amide bonds. The van der Waals surface area contributed by atoms with Gasteiger partial charge in [0.2, 0.25) is 5.78 Å². The molecule has 0 saturated carbocycles. The fourth-order valence-corrected chi connectivity index (χ4v) is 5.77. The molecule has 1 N–H and O–H groups in total. The molecular weight excluding hydrogens is 474 g/mol. The highest BCUT2D eigenvalue weighted by Crippen LogP contribution is 2.53. The molecule has 0 unspecified atom stereocenters. The van der Waals surface area contributed by atoms with E-state index in [1.165, 1.54) is 9.80 Å². The first kappa shape index (κ1) is 23.4. The van der Waals surface area contributed by atoms with Crippen molar-refractivity contribution in [2.24, 2.45) is 0 Å². The second-order valence-electron chi connectivity index (χ2n) is 9.56. The number of benzene rings is 2. The molecule has 6 rings (SSSR count). The van der Waals surface area contributed by atoms with Gasteiger partial charge in [-0.25, -0.2) is 0 Å². The normalized spacial score (nSPS) is 22.1. The lowest BCUT2D eigenvalue weighted by atomic mass is 9.81. The molecule has 1 aromatic heterocycles. The third kappa shape index (κ3) is 3.42. The highest BCUT2D eigenvalue weighted by atomic mass is 16.5. The zero-order valence-electron chi connectivity index (χ0n) is 20.5. The standard InChI is InChI=1S/C28H27N3O6/c1-29-20-9-4-3-8-19(20)28(27(29)35)23(24(32)22-17-18-7-2-5-10-21(18)37-22)25(33)26(34)31(28)12-6-11-30-13-15-36-16-14-30/h2-5,7-10,17,33H,6,11-16H2,1H3/t28-/m0/s1. The van der Waals surface area contributed by atoms with Crippen LogP contribution in [0.4, 0.5) is 5.69 Å². The predicted octanol–water partition coefficient (Wildman–Crippen LogP) is 2.86. The molecule has 1 saturated heterocycles. The van der Waals surface area contributed by atoms with E-state index in [2.05, 4.69) is 4.90 Å². The first-order valence-electron chi connectivity index (χ1n) is 12.4. The third-order valence-electron chi connectivity index (χ3n) is 7.56. The minimum absolute atomic E-state index is 0.0371. The maximum atomic E-state index is 14.0. The first-order chi connectivity index (χ1) is 17.9. The van der Waals surface area contributed by atoms with E-state index in [0.29, 0.717) is 48.4 Å². The van der Waals surface area contributed by atoms with Crippen molar-refractivity contribution in [3.8, 4) is 0 Å². The van der Waals surface area contributed by atoms with Crippen LogP contribution in [-0.4, -0.2) is 78.9 Å². The van der Waals surface area contributed by atoms with Crippen LogP contribution in [0.1, 0.15) is 22.5 Å². The maximum Gasteiger partial charge on any atom is 0.290 e. The minimum atomic E-state index is -1.77. The third-order valence-corrected chi connectivity index (χ3v) is 7.56. The average Bonchev–Trinajstić information content (AvgIpc) is 3.52. The predicted molar refractivity (Wildman–Crippen MR) is 135 cm³/mol. The van der Waals surface area contributed by atoms with Crippen LogP contribution in [0.25, 0.3) is 11.0 Å². The van der Waals surface area contributed by atoms with Gasteiger partial charge in [-0.2, -0.15) is 0 Å². The number of aliphatic hydroxyl groups is 1. The van der Waals surface area contributed by atoms with E-state index in [9.17, 15) is 19.5 Å². The molecule has 190 valence electrons. The molecule has 1 fully saturated rings. The Morgan fingerprint density at radius 1 is 1.03 bits per heavy atom. The van der Waals surface area contributed by atoms with Crippen molar-refractivity contribution in [3.05, 3.63) is 77.3 Å². The van der Waals surface area contributed by atoms with E-state index in [-0.39, 0.29) is 17.9 Å². The SMILES string of the molecule is CN1C(=O)[C@@]2(C(C(=O)c3cc4ccccc4o3)=C(O)C(=O)N2CCCN2CCOCC2)c2ccccc21. The average molecular weight is 502 g/mol. The van der Waals surface area contributed by atoms with Crippen LogP contribution in [-0.2, 0) is 19.9 Å². The summed E-state index contributed by atoms with van der Waals surface area (Å²) in [4.78, 5) is 46.6. The van der Waals surface area contributed by atoms with Gasteiger partial charge in [0.1, 0.15) is 5.58 Å². The summed E-state index contributed by atoms with van der Waals surface area (Å²) in [6.07, 6.45) is 0.562. The lowest BCUT2D eigenvalue weighted by Crippen LogP contribution is -2.54. The molecule has 2 aromatic carbocycles. The molecule has 9 nitrogen and oxygen atoms in total. The number of morpholine rings is 1. The number of para-hydroxylation sites is 2. The van der Waals surface area contributed by atoms with Crippen molar-refractivity contribution < 1.29 is 28.6 Å². The summed E-state index contributed by atoms with van der Waals surface area (Å²) in [5.74, 6) is -2.63. The van der Waals surface area contributed by atoms with E-state index >= 15 is 0 Å². The largest absolute Gasteiger partial charge is 0.503 e. The Labute approximate surface area is 213 Å². The van der Waals surface area contributed by atoms with Crippen LogP contribution in [0.3, 0.4) is 0 Å². The van der Waals surface area contributed by atoms with Gasteiger partial charge < -0.3 is 24.1 Å².